The normalized spacial score (nSPS) is 16.8. The van der Waals surface area contributed by atoms with E-state index in [4.69, 9.17) is 4.74 Å². The molecule has 1 atom stereocenters. The Bertz CT molecular complexity index is 350. The number of nitrogens with one attached hydrogen (secondary N) is 1. The molecule has 1 aliphatic rings. The molecule has 0 aliphatic heterocycles. The maximum absolute atomic E-state index is 5.85. The van der Waals surface area contributed by atoms with E-state index in [0.717, 1.165) is 36.9 Å². The zero-order chi connectivity index (χ0) is 12.1. The van der Waals surface area contributed by atoms with Crippen molar-refractivity contribution < 1.29 is 4.74 Å². The van der Waals surface area contributed by atoms with Gasteiger partial charge in [-0.3, -0.25) is 4.98 Å². The van der Waals surface area contributed by atoms with Gasteiger partial charge in [0, 0.05) is 24.8 Å². The molecule has 0 saturated heterocycles. The van der Waals surface area contributed by atoms with Gasteiger partial charge in [0.1, 0.15) is 5.75 Å². The number of pyridine rings is 1. The van der Waals surface area contributed by atoms with Crippen molar-refractivity contribution in [3.8, 4) is 5.75 Å². The number of hydrogen-bond acceptors (Lipinski definition) is 3. The molecule has 1 fully saturated rings. The summed E-state index contributed by atoms with van der Waals surface area (Å²) in [6, 6.07) is 4.70. The van der Waals surface area contributed by atoms with Crippen LogP contribution in [0.4, 0.5) is 0 Å². The maximum atomic E-state index is 5.85. The smallest absolute Gasteiger partial charge is 0.123 e. The SMILES string of the molecule is CCCC(C)Oc1ccnc(CNC2CC2)c1. The van der Waals surface area contributed by atoms with E-state index in [1.165, 1.54) is 12.8 Å². The zero-order valence-electron chi connectivity index (χ0n) is 10.8. The zero-order valence-corrected chi connectivity index (χ0v) is 10.8. The summed E-state index contributed by atoms with van der Waals surface area (Å²) in [4.78, 5) is 4.35. The van der Waals surface area contributed by atoms with Crippen LogP contribution in [0.3, 0.4) is 0 Å². The topological polar surface area (TPSA) is 34.1 Å². The van der Waals surface area contributed by atoms with Gasteiger partial charge in [-0.25, -0.2) is 0 Å². The summed E-state index contributed by atoms with van der Waals surface area (Å²) in [5.41, 5.74) is 1.07. The van der Waals surface area contributed by atoms with Crippen molar-refractivity contribution in [1.82, 2.24) is 10.3 Å². The molecule has 2 rings (SSSR count). The van der Waals surface area contributed by atoms with Crippen LogP contribution in [0, 0.1) is 0 Å². The van der Waals surface area contributed by atoms with Gasteiger partial charge in [0.2, 0.25) is 0 Å². The van der Waals surface area contributed by atoms with Crippen molar-refractivity contribution in [3.63, 3.8) is 0 Å². The van der Waals surface area contributed by atoms with Crippen LogP contribution in [-0.4, -0.2) is 17.1 Å². The van der Waals surface area contributed by atoms with Gasteiger partial charge < -0.3 is 10.1 Å². The minimum Gasteiger partial charge on any atom is -0.491 e. The molecule has 94 valence electrons. The summed E-state index contributed by atoms with van der Waals surface area (Å²) < 4.78 is 5.85. The highest BCUT2D eigenvalue weighted by Crippen LogP contribution is 2.20. The van der Waals surface area contributed by atoms with Crippen LogP contribution in [0.15, 0.2) is 18.3 Å². The highest BCUT2D eigenvalue weighted by atomic mass is 16.5. The fourth-order valence-electron chi connectivity index (χ4n) is 1.86. The lowest BCUT2D eigenvalue weighted by Gasteiger charge is -2.14. The van der Waals surface area contributed by atoms with Gasteiger partial charge in [-0.05, 0) is 32.3 Å². The van der Waals surface area contributed by atoms with E-state index in [9.17, 15) is 0 Å². The summed E-state index contributed by atoms with van der Waals surface area (Å²) in [7, 11) is 0. The van der Waals surface area contributed by atoms with Gasteiger partial charge >= 0.3 is 0 Å². The fourth-order valence-corrected chi connectivity index (χ4v) is 1.86. The van der Waals surface area contributed by atoms with Crippen molar-refractivity contribution >= 4 is 0 Å². The first-order valence-electron chi connectivity index (χ1n) is 6.63. The van der Waals surface area contributed by atoms with Gasteiger partial charge in [-0.1, -0.05) is 13.3 Å². The summed E-state index contributed by atoms with van der Waals surface area (Å²) in [6.07, 6.45) is 6.98. The van der Waals surface area contributed by atoms with Gasteiger partial charge in [-0.15, -0.1) is 0 Å². The van der Waals surface area contributed by atoms with E-state index in [1.54, 1.807) is 0 Å². The van der Waals surface area contributed by atoms with Crippen LogP contribution < -0.4 is 10.1 Å². The quantitative estimate of drug-likeness (QED) is 0.787. The maximum Gasteiger partial charge on any atom is 0.123 e. The standard InChI is InChI=1S/C14H22N2O/c1-3-4-11(2)17-14-7-8-15-13(9-14)10-16-12-5-6-12/h7-9,11-12,16H,3-6,10H2,1-2H3. The summed E-state index contributed by atoms with van der Waals surface area (Å²) in [5.74, 6) is 0.938. The molecule has 0 aromatic carbocycles. The molecule has 17 heavy (non-hydrogen) atoms. The van der Waals surface area contributed by atoms with Crippen molar-refractivity contribution in [3.05, 3.63) is 24.0 Å². The average molecular weight is 234 g/mol. The van der Waals surface area contributed by atoms with Crippen LogP contribution in [-0.2, 0) is 6.54 Å². The second-order valence-corrected chi connectivity index (χ2v) is 4.86. The van der Waals surface area contributed by atoms with Gasteiger partial charge in [-0.2, -0.15) is 0 Å². The molecule has 3 nitrogen and oxygen atoms in total. The number of ether oxygens (including phenoxy) is 1. The Morgan fingerprint density at radius 3 is 3.06 bits per heavy atom. The molecule has 0 amide bonds. The second-order valence-electron chi connectivity index (χ2n) is 4.86. The first-order valence-corrected chi connectivity index (χ1v) is 6.63. The van der Waals surface area contributed by atoms with Gasteiger partial charge in [0.15, 0.2) is 0 Å². The number of nitrogens with zero attached hydrogens (tertiary/aromatic N) is 1. The molecule has 1 saturated carbocycles. The Balaban J connectivity index is 1.85. The first kappa shape index (κ1) is 12.4. The van der Waals surface area contributed by atoms with Crippen LogP contribution in [0.1, 0.15) is 45.2 Å². The van der Waals surface area contributed by atoms with Crippen molar-refractivity contribution in [1.29, 1.82) is 0 Å². The lowest BCUT2D eigenvalue weighted by molar-refractivity contribution is 0.209. The largest absolute Gasteiger partial charge is 0.491 e. The molecule has 1 aromatic rings. The highest BCUT2D eigenvalue weighted by Gasteiger charge is 2.20. The molecule has 1 N–H and O–H groups in total. The Morgan fingerprint density at radius 1 is 1.53 bits per heavy atom. The number of rotatable bonds is 7. The minimum atomic E-state index is 0.284. The first-order chi connectivity index (χ1) is 8.28. The van der Waals surface area contributed by atoms with Crippen molar-refractivity contribution in [2.45, 2.75) is 58.2 Å². The van der Waals surface area contributed by atoms with Crippen LogP contribution in [0.2, 0.25) is 0 Å². The van der Waals surface area contributed by atoms with Gasteiger partial charge in [0.05, 0.1) is 11.8 Å². The Kier molecular flexibility index (Phi) is 4.37. The molecule has 0 spiro atoms. The van der Waals surface area contributed by atoms with E-state index in [1.807, 2.05) is 18.3 Å². The van der Waals surface area contributed by atoms with E-state index >= 15 is 0 Å². The van der Waals surface area contributed by atoms with Crippen LogP contribution in [0.5, 0.6) is 5.75 Å². The molecule has 1 aliphatic carbocycles. The third-order valence-electron chi connectivity index (χ3n) is 2.97. The molecule has 1 heterocycles. The van der Waals surface area contributed by atoms with E-state index in [-0.39, 0.29) is 6.10 Å². The number of aromatic nitrogens is 1. The highest BCUT2D eigenvalue weighted by molar-refractivity contribution is 5.23. The van der Waals surface area contributed by atoms with Gasteiger partial charge in [0.25, 0.3) is 0 Å². The molecule has 0 bridgehead atoms. The molecule has 1 aromatic heterocycles. The summed E-state index contributed by atoms with van der Waals surface area (Å²) >= 11 is 0. The third-order valence-corrected chi connectivity index (χ3v) is 2.97. The second kappa shape index (κ2) is 6.01. The monoisotopic (exact) mass is 234 g/mol. The predicted molar refractivity (Wildman–Crippen MR) is 69.1 cm³/mol. The van der Waals surface area contributed by atoms with Crippen LogP contribution in [0.25, 0.3) is 0 Å². The van der Waals surface area contributed by atoms with Crippen molar-refractivity contribution in [2.24, 2.45) is 0 Å². The Hall–Kier alpha value is -1.09. The number of hydrogen-bond donors (Lipinski definition) is 1. The Morgan fingerprint density at radius 2 is 2.35 bits per heavy atom. The molecular formula is C14H22N2O. The molecule has 1 unspecified atom stereocenters. The lowest BCUT2D eigenvalue weighted by Crippen LogP contribution is -2.16. The molecule has 3 heteroatoms. The Labute approximate surface area is 104 Å². The summed E-state index contributed by atoms with van der Waals surface area (Å²) in [5, 5.41) is 3.46. The van der Waals surface area contributed by atoms with E-state index < -0.39 is 0 Å². The van der Waals surface area contributed by atoms with E-state index in [0.29, 0.717) is 0 Å². The van der Waals surface area contributed by atoms with Crippen LogP contribution >= 0.6 is 0 Å². The van der Waals surface area contributed by atoms with E-state index in [2.05, 4.69) is 24.1 Å². The predicted octanol–water partition coefficient (Wildman–Crippen LogP) is 2.90. The van der Waals surface area contributed by atoms with Crippen molar-refractivity contribution in [2.75, 3.05) is 0 Å². The average Bonchev–Trinajstić information content (AvgIpc) is 3.11. The molecule has 0 radical (unpaired) electrons. The fraction of sp³-hybridized carbons (Fsp3) is 0.643. The third kappa shape index (κ3) is 4.35. The molecular weight excluding hydrogens is 212 g/mol. The minimum absolute atomic E-state index is 0.284. The lowest BCUT2D eigenvalue weighted by atomic mass is 10.2. The summed E-state index contributed by atoms with van der Waals surface area (Å²) in [6.45, 7) is 5.15.